The number of amides is 1. The Hall–Kier alpha value is -2.09. The standard InChI is InChI=1S/C18H19ClN2O4S/c1-12-9-14(19)3-6-17(12)25-11-18(22)21-8-7-13-10-15(4-5-16(13)21)26(23,24)20-2/h3-6,9-10,20H,7-8,11H2,1-2H3. The van der Waals surface area contributed by atoms with Gasteiger partial charge in [0.25, 0.3) is 5.91 Å². The molecule has 0 aromatic heterocycles. The fourth-order valence-corrected chi connectivity index (χ4v) is 3.92. The van der Waals surface area contributed by atoms with Gasteiger partial charge in [0.15, 0.2) is 6.61 Å². The second-order valence-corrected chi connectivity index (χ2v) is 8.31. The number of nitrogens with zero attached hydrogens (tertiary/aromatic N) is 1. The lowest BCUT2D eigenvalue weighted by Crippen LogP contribution is -2.33. The number of hydrogen-bond donors (Lipinski definition) is 1. The summed E-state index contributed by atoms with van der Waals surface area (Å²) in [5, 5.41) is 0.613. The van der Waals surface area contributed by atoms with E-state index in [0.29, 0.717) is 23.7 Å². The van der Waals surface area contributed by atoms with Gasteiger partial charge in [-0.3, -0.25) is 4.79 Å². The van der Waals surface area contributed by atoms with Gasteiger partial charge in [-0.15, -0.1) is 0 Å². The van der Waals surface area contributed by atoms with Gasteiger partial charge in [0, 0.05) is 17.3 Å². The number of benzene rings is 2. The van der Waals surface area contributed by atoms with E-state index < -0.39 is 10.0 Å². The fraction of sp³-hybridized carbons (Fsp3) is 0.278. The van der Waals surface area contributed by atoms with Crippen LogP contribution < -0.4 is 14.4 Å². The Morgan fingerprint density at radius 3 is 2.73 bits per heavy atom. The third-order valence-corrected chi connectivity index (χ3v) is 5.96. The zero-order chi connectivity index (χ0) is 18.9. The van der Waals surface area contributed by atoms with Crippen molar-refractivity contribution in [2.24, 2.45) is 0 Å². The molecule has 3 rings (SSSR count). The predicted molar refractivity (Wildman–Crippen MR) is 100 cm³/mol. The number of hydrogen-bond acceptors (Lipinski definition) is 4. The Morgan fingerprint density at radius 1 is 1.27 bits per heavy atom. The summed E-state index contributed by atoms with van der Waals surface area (Å²) in [7, 11) is -2.13. The highest BCUT2D eigenvalue weighted by Crippen LogP contribution is 2.30. The second-order valence-electron chi connectivity index (χ2n) is 5.99. The number of aryl methyl sites for hydroxylation is 1. The Morgan fingerprint density at radius 2 is 2.04 bits per heavy atom. The lowest BCUT2D eigenvalue weighted by atomic mass is 10.2. The molecule has 0 aliphatic carbocycles. The van der Waals surface area contributed by atoms with Crippen molar-refractivity contribution in [3.05, 3.63) is 52.5 Å². The minimum atomic E-state index is -3.50. The quantitative estimate of drug-likeness (QED) is 0.845. The zero-order valence-electron chi connectivity index (χ0n) is 14.5. The molecule has 1 aliphatic heterocycles. The maximum Gasteiger partial charge on any atom is 0.264 e. The molecule has 0 atom stereocenters. The number of carbonyl (C=O) groups excluding carboxylic acids is 1. The van der Waals surface area contributed by atoms with E-state index in [-0.39, 0.29) is 17.4 Å². The van der Waals surface area contributed by atoms with Crippen LogP contribution in [0, 0.1) is 6.92 Å². The van der Waals surface area contributed by atoms with Gasteiger partial charge in [0.05, 0.1) is 4.90 Å². The monoisotopic (exact) mass is 394 g/mol. The van der Waals surface area contributed by atoms with Gasteiger partial charge in [-0.1, -0.05) is 11.6 Å². The van der Waals surface area contributed by atoms with Gasteiger partial charge in [-0.25, -0.2) is 13.1 Å². The molecule has 0 saturated carbocycles. The summed E-state index contributed by atoms with van der Waals surface area (Å²) < 4.78 is 31.7. The van der Waals surface area contributed by atoms with Gasteiger partial charge in [-0.2, -0.15) is 0 Å². The molecule has 8 heteroatoms. The number of anilines is 1. The molecular weight excluding hydrogens is 376 g/mol. The first-order chi connectivity index (χ1) is 12.3. The van der Waals surface area contributed by atoms with Gasteiger partial charge < -0.3 is 9.64 Å². The molecule has 0 bridgehead atoms. The SMILES string of the molecule is CNS(=O)(=O)c1ccc2c(c1)CCN2C(=O)COc1ccc(Cl)cc1C. The zero-order valence-corrected chi connectivity index (χ0v) is 16.0. The molecule has 0 fully saturated rings. The summed E-state index contributed by atoms with van der Waals surface area (Å²) in [5.74, 6) is 0.431. The smallest absolute Gasteiger partial charge is 0.264 e. The van der Waals surface area contributed by atoms with E-state index in [9.17, 15) is 13.2 Å². The molecule has 0 unspecified atom stereocenters. The van der Waals surface area contributed by atoms with Crippen molar-refractivity contribution < 1.29 is 17.9 Å². The summed E-state index contributed by atoms with van der Waals surface area (Å²) in [6.07, 6.45) is 0.605. The first-order valence-corrected chi connectivity index (χ1v) is 9.94. The molecule has 1 heterocycles. The highest BCUT2D eigenvalue weighted by molar-refractivity contribution is 7.89. The van der Waals surface area contributed by atoms with E-state index in [1.165, 1.54) is 13.1 Å². The van der Waals surface area contributed by atoms with Crippen LogP contribution in [0.15, 0.2) is 41.3 Å². The van der Waals surface area contributed by atoms with Crippen LogP contribution >= 0.6 is 11.6 Å². The molecule has 1 N–H and O–H groups in total. The van der Waals surface area contributed by atoms with Crippen molar-refractivity contribution in [1.82, 2.24) is 4.72 Å². The number of sulfonamides is 1. The third-order valence-electron chi connectivity index (χ3n) is 4.31. The average Bonchev–Trinajstić information content (AvgIpc) is 3.04. The summed E-state index contributed by atoms with van der Waals surface area (Å²) in [4.78, 5) is 14.4. The van der Waals surface area contributed by atoms with Crippen LogP contribution in [0.4, 0.5) is 5.69 Å². The number of nitrogens with one attached hydrogen (secondary N) is 1. The number of fused-ring (bicyclic) bond motifs is 1. The Labute approximate surface area is 157 Å². The maximum absolute atomic E-state index is 12.5. The van der Waals surface area contributed by atoms with E-state index in [1.807, 2.05) is 6.92 Å². The summed E-state index contributed by atoms with van der Waals surface area (Å²) in [5.41, 5.74) is 2.41. The summed E-state index contributed by atoms with van der Waals surface area (Å²) in [6, 6.07) is 9.99. The third kappa shape index (κ3) is 3.70. The maximum atomic E-state index is 12.5. The van der Waals surface area contributed by atoms with Crippen LogP contribution in [0.25, 0.3) is 0 Å². The molecule has 6 nitrogen and oxygen atoms in total. The summed E-state index contributed by atoms with van der Waals surface area (Å²) >= 11 is 5.92. The molecule has 26 heavy (non-hydrogen) atoms. The van der Waals surface area contributed by atoms with Crippen LogP contribution in [-0.4, -0.2) is 34.5 Å². The minimum Gasteiger partial charge on any atom is -0.483 e. The van der Waals surface area contributed by atoms with Crippen molar-refractivity contribution in [3.63, 3.8) is 0 Å². The van der Waals surface area contributed by atoms with Gasteiger partial charge >= 0.3 is 0 Å². The minimum absolute atomic E-state index is 0.0987. The van der Waals surface area contributed by atoms with Crippen LogP contribution in [0.5, 0.6) is 5.75 Å². The van der Waals surface area contributed by atoms with E-state index in [4.69, 9.17) is 16.3 Å². The van der Waals surface area contributed by atoms with E-state index in [1.54, 1.807) is 35.2 Å². The first-order valence-electron chi connectivity index (χ1n) is 8.07. The average molecular weight is 395 g/mol. The van der Waals surface area contributed by atoms with E-state index in [0.717, 1.165) is 16.8 Å². The lowest BCUT2D eigenvalue weighted by Gasteiger charge is -2.18. The Kier molecular flexibility index (Phi) is 5.22. The van der Waals surface area contributed by atoms with E-state index >= 15 is 0 Å². The second kappa shape index (κ2) is 7.26. The van der Waals surface area contributed by atoms with Crippen LogP contribution in [-0.2, 0) is 21.2 Å². The molecule has 0 spiro atoms. The molecule has 0 radical (unpaired) electrons. The summed E-state index contributed by atoms with van der Waals surface area (Å²) in [6.45, 7) is 2.26. The molecular formula is C18H19ClN2O4S. The first kappa shape index (κ1) is 18.7. The number of rotatable bonds is 5. The van der Waals surface area contributed by atoms with Gasteiger partial charge in [-0.05, 0) is 67.9 Å². The van der Waals surface area contributed by atoms with Crippen molar-refractivity contribution in [1.29, 1.82) is 0 Å². The van der Waals surface area contributed by atoms with Gasteiger partial charge in [0.2, 0.25) is 10.0 Å². The molecule has 2 aromatic rings. The molecule has 2 aromatic carbocycles. The highest BCUT2D eigenvalue weighted by atomic mass is 35.5. The van der Waals surface area contributed by atoms with Crippen molar-refractivity contribution in [2.75, 3.05) is 25.1 Å². The van der Waals surface area contributed by atoms with Crippen molar-refractivity contribution >= 4 is 33.2 Å². The number of carbonyl (C=O) groups is 1. The molecule has 1 aliphatic rings. The molecule has 138 valence electrons. The van der Waals surface area contributed by atoms with Gasteiger partial charge in [0.1, 0.15) is 5.75 Å². The highest BCUT2D eigenvalue weighted by Gasteiger charge is 2.26. The normalized spacial score (nSPS) is 13.6. The van der Waals surface area contributed by atoms with Crippen LogP contribution in [0.3, 0.4) is 0 Å². The Bertz CT molecular complexity index is 960. The van der Waals surface area contributed by atoms with Crippen molar-refractivity contribution in [3.8, 4) is 5.75 Å². The number of ether oxygens (including phenoxy) is 1. The topological polar surface area (TPSA) is 75.7 Å². The fourth-order valence-electron chi connectivity index (χ4n) is 2.91. The Balaban J connectivity index is 1.73. The molecule has 0 saturated heterocycles. The predicted octanol–water partition coefficient (Wildman–Crippen LogP) is 2.52. The van der Waals surface area contributed by atoms with Crippen molar-refractivity contribution in [2.45, 2.75) is 18.2 Å². The molecule has 1 amide bonds. The van der Waals surface area contributed by atoms with Crippen LogP contribution in [0.2, 0.25) is 5.02 Å². The van der Waals surface area contributed by atoms with E-state index in [2.05, 4.69) is 4.72 Å². The van der Waals surface area contributed by atoms with Crippen LogP contribution in [0.1, 0.15) is 11.1 Å². The largest absolute Gasteiger partial charge is 0.483 e. The number of halogens is 1. The lowest BCUT2D eigenvalue weighted by molar-refractivity contribution is -0.120.